The molecule has 0 aliphatic rings. The topological polar surface area (TPSA) is 104 Å². The summed E-state index contributed by atoms with van der Waals surface area (Å²) >= 11 is 5.99. The third kappa shape index (κ3) is 3.53. The van der Waals surface area contributed by atoms with E-state index in [0.29, 0.717) is 11.4 Å². The number of aryl methyl sites for hydroxylation is 1. The molecule has 1 amide bonds. The molecule has 2 aromatic rings. The number of aromatic amines is 1. The summed E-state index contributed by atoms with van der Waals surface area (Å²) in [5.41, 5.74) is 1.13. The van der Waals surface area contributed by atoms with E-state index in [9.17, 15) is 13.2 Å². The van der Waals surface area contributed by atoms with Crippen molar-refractivity contribution in [1.29, 1.82) is 0 Å². The number of nitrogens with zero attached hydrogens (tertiary/aromatic N) is 1. The molecule has 0 bridgehead atoms. The Morgan fingerprint density at radius 2 is 2.10 bits per heavy atom. The lowest BCUT2D eigenvalue weighted by Gasteiger charge is -2.10. The predicted molar refractivity (Wildman–Crippen MR) is 79.9 cm³/mol. The van der Waals surface area contributed by atoms with Gasteiger partial charge >= 0.3 is 0 Å². The largest absolute Gasteiger partial charge is 0.325 e. The molecule has 2 rings (SSSR count). The molecular weight excluding hydrogens is 316 g/mol. The monoisotopic (exact) mass is 328 g/mol. The predicted octanol–water partition coefficient (Wildman–Crippen LogP) is 2.13. The van der Waals surface area contributed by atoms with Gasteiger partial charge in [-0.15, -0.1) is 0 Å². The maximum atomic E-state index is 12.2. The maximum Gasteiger partial charge on any atom is 0.265 e. The number of sulfonamides is 1. The van der Waals surface area contributed by atoms with Crippen LogP contribution in [0.4, 0.5) is 11.4 Å². The number of aromatic nitrogens is 2. The fraction of sp³-hybridized carbons (Fsp3) is 0.167. The first kappa shape index (κ1) is 15.3. The van der Waals surface area contributed by atoms with Crippen LogP contribution in [0.1, 0.15) is 12.6 Å². The molecule has 1 aromatic carbocycles. The third-order valence-electron chi connectivity index (χ3n) is 2.61. The van der Waals surface area contributed by atoms with Crippen LogP contribution in [-0.4, -0.2) is 24.5 Å². The van der Waals surface area contributed by atoms with Crippen LogP contribution in [0.3, 0.4) is 0 Å². The van der Waals surface area contributed by atoms with Crippen LogP contribution in [0.5, 0.6) is 0 Å². The van der Waals surface area contributed by atoms with Crippen LogP contribution in [0, 0.1) is 6.92 Å². The lowest BCUT2D eigenvalue weighted by Crippen LogP contribution is -2.13. The Balaban J connectivity index is 2.26. The Bertz CT molecular complexity index is 786. The van der Waals surface area contributed by atoms with Crippen LogP contribution >= 0.6 is 11.6 Å². The van der Waals surface area contributed by atoms with Crippen LogP contribution in [0.2, 0.25) is 5.02 Å². The number of nitrogens with one attached hydrogen (secondary N) is 3. The summed E-state index contributed by atoms with van der Waals surface area (Å²) < 4.78 is 26.7. The summed E-state index contributed by atoms with van der Waals surface area (Å²) in [6.07, 6.45) is 1.23. The molecule has 1 aromatic heterocycles. The molecule has 0 spiro atoms. The van der Waals surface area contributed by atoms with Crippen LogP contribution in [0.15, 0.2) is 29.3 Å². The van der Waals surface area contributed by atoms with Gasteiger partial charge in [0.1, 0.15) is 4.90 Å². The summed E-state index contributed by atoms with van der Waals surface area (Å²) in [7, 11) is -3.74. The van der Waals surface area contributed by atoms with E-state index in [4.69, 9.17) is 11.6 Å². The maximum absolute atomic E-state index is 12.2. The van der Waals surface area contributed by atoms with Gasteiger partial charge in [-0.05, 0) is 25.1 Å². The van der Waals surface area contributed by atoms with E-state index < -0.39 is 10.0 Å². The van der Waals surface area contributed by atoms with E-state index in [1.807, 2.05) is 0 Å². The molecule has 0 atom stereocenters. The van der Waals surface area contributed by atoms with Gasteiger partial charge in [-0.1, -0.05) is 11.6 Å². The Hall–Kier alpha value is -2.06. The highest BCUT2D eigenvalue weighted by molar-refractivity contribution is 7.92. The van der Waals surface area contributed by atoms with E-state index in [0.717, 1.165) is 0 Å². The van der Waals surface area contributed by atoms with Crippen molar-refractivity contribution in [1.82, 2.24) is 10.2 Å². The van der Waals surface area contributed by atoms with Crippen molar-refractivity contribution in [3.63, 3.8) is 0 Å². The van der Waals surface area contributed by atoms with Crippen molar-refractivity contribution >= 4 is 38.9 Å². The number of halogens is 1. The minimum Gasteiger partial charge on any atom is -0.325 e. The average molecular weight is 329 g/mol. The number of H-pyrrole nitrogens is 1. The summed E-state index contributed by atoms with van der Waals surface area (Å²) in [5.74, 6) is -0.265. The van der Waals surface area contributed by atoms with Crippen molar-refractivity contribution < 1.29 is 13.2 Å². The Kier molecular flexibility index (Phi) is 4.19. The SMILES string of the molecule is CC(=O)Nc1ccc(NS(=O)(=O)c2cn[nH]c2C)cc1Cl. The van der Waals surface area contributed by atoms with Gasteiger partial charge in [-0.2, -0.15) is 5.10 Å². The van der Waals surface area contributed by atoms with Crippen molar-refractivity contribution in [2.45, 2.75) is 18.7 Å². The lowest BCUT2D eigenvalue weighted by molar-refractivity contribution is -0.114. The Morgan fingerprint density at radius 1 is 1.38 bits per heavy atom. The van der Waals surface area contributed by atoms with Crippen LogP contribution in [0.25, 0.3) is 0 Å². The standard InChI is InChI=1S/C12H13ClN4O3S/c1-7-12(6-14-16-7)21(19,20)17-9-3-4-11(10(13)5-9)15-8(2)18/h3-6,17H,1-2H3,(H,14,16)(H,15,18). The first-order valence-corrected chi connectivity index (χ1v) is 7.75. The van der Waals surface area contributed by atoms with Gasteiger partial charge in [-0.25, -0.2) is 8.42 Å². The quantitative estimate of drug-likeness (QED) is 0.799. The normalized spacial score (nSPS) is 11.2. The highest BCUT2D eigenvalue weighted by atomic mass is 35.5. The highest BCUT2D eigenvalue weighted by Gasteiger charge is 2.19. The molecular formula is C12H13ClN4O3S. The second-order valence-electron chi connectivity index (χ2n) is 4.34. The van der Waals surface area contributed by atoms with Gasteiger partial charge in [0.15, 0.2) is 0 Å². The number of anilines is 2. The molecule has 7 nitrogen and oxygen atoms in total. The molecule has 0 fully saturated rings. The van der Waals surface area contributed by atoms with Gasteiger partial charge in [-0.3, -0.25) is 14.6 Å². The van der Waals surface area contributed by atoms with Gasteiger partial charge in [0.2, 0.25) is 5.91 Å². The molecule has 112 valence electrons. The molecule has 0 saturated heterocycles. The first-order valence-electron chi connectivity index (χ1n) is 5.89. The third-order valence-corrected chi connectivity index (χ3v) is 4.41. The van der Waals surface area contributed by atoms with Crippen molar-refractivity contribution in [2.24, 2.45) is 0 Å². The molecule has 0 saturated carbocycles. The number of carbonyl (C=O) groups excluding carboxylic acids is 1. The number of amides is 1. The number of hydrogen-bond donors (Lipinski definition) is 3. The average Bonchev–Trinajstić information content (AvgIpc) is 2.79. The molecule has 9 heteroatoms. The van der Waals surface area contributed by atoms with Gasteiger partial charge in [0.05, 0.1) is 28.3 Å². The minimum atomic E-state index is -3.74. The Morgan fingerprint density at radius 3 is 2.62 bits per heavy atom. The number of hydrogen-bond acceptors (Lipinski definition) is 4. The second kappa shape index (κ2) is 5.74. The van der Waals surface area contributed by atoms with Crippen molar-refractivity contribution in [2.75, 3.05) is 10.0 Å². The van der Waals surface area contributed by atoms with E-state index in [1.54, 1.807) is 6.92 Å². The highest BCUT2D eigenvalue weighted by Crippen LogP contribution is 2.27. The fourth-order valence-electron chi connectivity index (χ4n) is 1.69. The van der Waals surface area contributed by atoms with Crippen molar-refractivity contribution in [3.8, 4) is 0 Å². The van der Waals surface area contributed by atoms with Gasteiger partial charge < -0.3 is 5.32 Å². The molecule has 0 unspecified atom stereocenters. The zero-order valence-electron chi connectivity index (χ0n) is 11.3. The second-order valence-corrected chi connectivity index (χ2v) is 6.40. The van der Waals surface area contributed by atoms with E-state index in [1.165, 1.54) is 31.3 Å². The zero-order valence-corrected chi connectivity index (χ0v) is 12.8. The van der Waals surface area contributed by atoms with Gasteiger partial charge in [0.25, 0.3) is 10.0 Å². The molecule has 0 aliphatic heterocycles. The van der Waals surface area contributed by atoms with E-state index >= 15 is 0 Å². The van der Waals surface area contributed by atoms with Crippen molar-refractivity contribution in [3.05, 3.63) is 35.1 Å². The molecule has 0 radical (unpaired) electrons. The summed E-state index contributed by atoms with van der Waals surface area (Å²) in [4.78, 5) is 11.0. The molecule has 21 heavy (non-hydrogen) atoms. The lowest BCUT2D eigenvalue weighted by atomic mass is 10.3. The summed E-state index contributed by atoms with van der Waals surface area (Å²) in [6.45, 7) is 2.96. The Labute approximate surface area is 126 Å². The number of carbonyl (C=O) groups is 1. The first-order chi connectivity index (χ1) is 9.79. The number of benzene rings is 1. The van der Waals surface area contributed by atoms with Crippen LogP contribution < -0.4 is 10.0 Å². The zero-order chi connectivity index (χ0) is 15.6. The molecule has 0 aliphatic carbocycles. The summed E-state index contributed by atoms with van der Waals surface area (Å²) in [6, 6.07) is 4.44. The molecule has 3 N–H and O–H groups in total. The number of rotatable bonds is 4. The minimum absolute atomic E-state index is 0.0598. The van der Waals surface area contributed by atoms with E-state index in [-0.39, 0.29) is 21.5 Å². The smallest absolute Gasteiger partial charge is 0.265 e. The molecule has 1 heterocycles. The fourth-order valence-corrected chi connectivity index (χ4v) is 3.11. The van der Waals surface area contributed by atoms with E-state index in [2.05, 4.69) is 20.2 Å². The van der Waals surface area contributed by atoms with Crippen LogP contribution in [-0.2, 0) is 14.8 Å². The summed E-state index contributed by atoms with van der Waals surface area (Å²) in [5, 5.41) is 9.00. The van der Waals surface area contributed by atoms with Gasteiger partial charge in [0, 0.05) is 6.92 Å².